The predicted octanol–water partition coefficient (Wildman–Crippen LogP) is 2.36. The number of anilines is 1. The number of pyridine rings is 1. The van der Waals surface area contributed by atoms with E-state index in [2.05, 4.69) is 22.3 Å². The molecule has 3 rings (SSSR count). The van der Waals surface area contributed by atoms with Gasteiger partial charge in [-0.1, -0.05) is 18.2 Å². The van der Waals surface area contributed by atoms with Crippen LogP contribution in [0, 0.1) is 0 Å². The zero-order valence-corrected chi connectivity index (χ0v) is 15.0. The molecule has 5 nitrogen and oxygen atoms in total. The molecule has 6 heteroatoms. The van der Waals surface area contributed by atoms with Crippen molar-refractivity contribution in [2.75, 3.05) is 36.5 Å². The quantitative estimate of drug-likeness (QED) is 0.813. The number of sulfone groups is 1. The molecule has 0 atom stereocenters. The normalized spacial score (nSPS) is 15.8. The number of aromatic nitrogens is 1. The Labute approximate surface area is 144 Å². The Balaban J connectivity index is 1.82. The molecule has 1 aliphatic rings. The van der Waals surface area contributed by atoms with Crippen molar-refractivity contribution in [2.24, 2.45) is 0 Å². The van der Waals surface area contributed by atoms with E-state index in [1.165, 1.54) is 25.5 Å². The Hall–Kier alpha value is -1.66. The van der Waals surface area contributed by atoms with Gasteiger partial charge < -0.3 is 10.2 Å². The molecule has 0 radical (unpaired) electrons. The van der Waals surface area contributed by atoms with E-state index in [1.807, 2.05) is 18.2 Å². The van der Waals surface area contributed by atoms with Crippen LogP contribution in [0.5, 0.6) is 0 Å². The first kappa shape index (κ1) is 17.2. The van der Waals surface area contributed by atoms with Crippen LogP contribution in [0.3, 0.4) is 0 Å². The van der Waals surface area contributed by atoms with Gasteiger partial charge in [0.25, 0.3) is 0 Å². The van der Waals surface area contributed by atoms with Crippen LogP contribution in [0.2, 0.25) is 0 Å². The second-order valence-corrected chi connectivity index (χ2v) is 8.78. The minimum atomic E-state index is -2.93. The Morgan fingerprint density at radius 3 is 2.67 bits per heavy atom. The molecular weight excluding hydrogens is 322 g/mol. The number of para-hydroxylation sites is 1. The monoisotopic (exact) mass is 347 g/mol. The van der Waals surface area contributed by atoms with E-state index < -0.39 is 9.84 Å². The van der Waals surface area contributed by atoms with Crippen molar-refractivity contribution in [3.8, 4) is 0 Å². The standard InChI is InChI=1S/C18H25N3O2S/c1-24(22,23)12-9-19-14-16-13-15-7-3-4-8-17(15)20-18(16)21-10-5-2-6-11-21/h3-4,7-8,13,19H,2,5-6,9-12,14H2,1H3. The lowest BCUT2D eigenvalue weighted by Crippen LogP contribution is -2.32. The molecule has 0 saturated carbocycles. The van der Waals surface area contributed by atoms with Gasteiger partial charge in [-0.2, -0.15) is 0 Å². The summed E-state index contributed by atoms with van der Waals surface area (Å²) in [5.41, 5.74) is 2.15. The van der Waals surface area contributed by atoms with E-state index in [-0.39, 0.29) is 5.75 Å². The minimum absolute atomic E-state index is 0.160. The molecule has 1 saturated heterocycles. The van der Waals surface area contributed by atoms with E-state index in [4.69, 9.17) is 4.98 Å². The lowest BCUT2D eigenvalue weighted by Gasteiger charge is -2.30. The van der Waals surface area contributed by atoms with Gasteiger partial charge in [0, 0.05) is 43.4 Å². The van der Waals surface area contributed by atoms with Crippen molar-refractivity contribution in [3.05, 3.63) is 35.9 Å². The molecular formula is C18H25N3O2S. The number of nitrogens with one attached hydrogen (secondary N) is 1. The fourth-order valence-corrected chi connectivity index (χ4v) is 3.65. The van der Waals surface area contributed by atoms with Crippen molar-refractivity contribution in [2.45, 2.75) is 25.8 Å². The number of hydrogen-bond donors (Lipinski definition) is 1. The van der Waals surface area contributed by atoms with Crippen molar-refractivity contribution in [1.82, 2.24) is 10.3 Å². The summed E-state index contributed by atoms with van der Waals surface area (Å²) < 4.78 is 22.5. The highest BCUT2D eigenvalue weighted by atomic mass is 32.2. The Kier molecular flexibility index (Phi) is 5.36. The molecule has 2 aromatic rings. The van der Waals surface area contributed by atoms with Gasteiger partial charge in [-0.05, 0) is 31.4 Å². The average Bonchev–Trinajstić information content (AvgIpc) is 2.58. The van der Waals surface area contributed by atoms with E-state index in [9.17, 15) is 8.42 Å². The molecule has 0 spiro atoms. The highest BCUT2D eigenvalue weighted by molar-refractivity contribution is 7.90. The molecule has 2 heterocycles. The summed E-state index contributed by atoms with van der Waals surface area (Å²) in [4.78, 5) is 7.26. The van der Waals surface area contributed by atoms with Gasteiger partial charge in [0.1, 0.15) is 15.7 Å². The summed E-state index contributed by atoms with van der Waals surface area (Å²) >= 11 is 0. The highest BCUT2D eigenvalue weighted by Crippen LogP contribution is 2.26. The molecule has 1 aromatic carbocycles. The third-order valence-electron chi connectivity index (χ3n) is 4.40. The SMILES string of the molecule is CS(=O)(=O)CCNCc1cc2ccccc2nc1N1CCCCC1. The fourth-order valence-electron chi connectivity index (χ4n) is 3.14. The van der Waals surface area contributed by atoms with Gasteiger partial charge in [-0.25, -0.2) is 13.4 Å². The first-order chi connectivity index (χ1) is 11.5. The maximum atomic E-state index is 11.3. The molecule has 0 aliphatic carbocycles. The zero-order valence-electron chi connectivity index (χ0n) is 14.2. The Morgan fingerprint density at radius 1 is 1.17 bits per heavy atom. The predicted molar refractivity (Wildman–Crippen MR) is 99.2 cm³/mol. The first-order valence-electron chi connectivity index (χ1n) is 8.55. The summed E-state index contributed by atoms with van der Waals surface area (Å²) in [7, 11) is -2.93. The topological polar surface area (TPSA) is 62.3 Å². The average molecular weight is 347 g/mol. The van der Waals surface area contributed by atoms with E-state index in [1.54, 1.807) is 0 Å². The second kappa shape index (κ2) is 7.49. The summed E-state index contributed by atoms with van der Waals surface area (Å²) in [6, 6.07) is 10.3. The van der Waals surface area contributed by atoms with E-state index >= 15 is 0 Å². The van der Waals surface area contributed by atoms with E-state index in [0.29, 0.717) is 13.1 Å². The van der Waals surface area contributed by atoms with Crippen LogP contribution in [0.15, 0.2) is 30.3 Å². The van der Waals surface area contributed by atoms with Gasteiger partial charge in [-0.3, -0.25) is 0 Å². The number of hydrogen-bond acceptors (Lipinski definition) is 5. The molecule has 130 valence electrons. The molecule has 0 unspecified atom stereocenters. The van der Waals surface area contributed by atoms with Gasteiger partial charge in [0.05, 0.1) is 11.3 Å². The highest BCUT2D eigenvalue weighted by Gasteiger charge is 2.17. The number of benzene rings is 1. The summed E-state index contributed by atoms with van der Waals surface area (Å²) in [6.45, 7) is 3.19. The van der Waals surface area contributed by atoms with Gasteiger partial charge in [0.2, 0.25) is 0 Å². The molecule has 1 N–H and O–H groups in total. The molecule has 1 aromatic heterocycles. The largest absolute Gasteiger partial charge is 0.356 e. The molecule has 1 aliphatic heterocycles. The fraction of sp³-hybridized carbons (Fsp3) is 0.500. The maximum absolute atomic E-state index is 11.3. The third-order valence-corrected chi connectivity index (χ3v) is 5.35. The van der Waals surface area contributed by atoms with Crippen LogP contribution < -0.4 is 10.2 Å². The minimum Gasteiger partial charge on any atom is -0.356 e. The number of rotatable bonds is 6. The van der Waals surface area contributed by atoms with Crippen LogP contribution in [0.1, 0.15) is 24.8 Å². The molecule has 24 heavy (non-hydrogen) atoms. The summed E-state index contributed by atoms with van der Waals surface area (Å²) in [6.07, 6.45) is 4.96. The summed E-state index contributed by atoms with van der Waals surface area (Å²) in [5, 5.41) is 4.38. The number of fused-ring (bicyclic) bond motifs is 1. The van der Waals surface area contributed by atoms with Gasteiger partial charge in [0.15, 0.2) is 0 Å². The molecule has 1 fully saturated rings. The van der Waals surface area contributed by atoms with Crippen LogP contribution in [0.25, 0.3) is 10.9 Å². The van der Waals surface area contributed by atoms with Crippen LogP contribution in [-0.4, -0.2) is 45.0 Å². The maximum Gasteiger partial charge on any atom is 0.148 e. The zero-order chi connectivity index (χ0) is 17.0. The number of nitrogens with zero attached hydrogens (tertiary/aromatic N) is 2. The van der Waals surface area contributed by atoms with Gasteiger partial charge >= 0.3 is 0 Å². The van der Waals surface area contributed by atoms with Crippen LogP contribution in [0.4, 0.5) is 5.82 Å². The van der Waals surface area contributed by atoms with Gasteiger partial charge in [-0.15, -0.1) is 0 Å². The molecule has 0 amide bonds. The second-order valence-electron chi connectivity index (χ2n) is 6.52. The van der Waals surface area contributed by atoms with Crippen molar-refractivity contribution in [1.29, 1.82) is 0 Å². The van der Waals surface area contributed by atoms with Crippen molar-refractivity contribution < 1.29 is 8.42 Å². The van der Waals surface area contributed by atoms with Crippen molar-refractivity contribution in [3.63, 3.8) is 0 Å². The number of piperidine rings is 1. The van der Waals surface area contributed by atoms with Crippen LogP contribution in [-0.2, 0) is 16.4 Å². The van der Waals surface area contributed by atoms with E-state index in [0.717, 1.165) is 35.4 Å². The first-order valence-corrected chi connectivity index (χ1v) is 10.6. The Morgan fingerprint density at radius 2 is 1.92 bits per heavy atom. The lowest BCUT2D eigenvalue weighted by atomic mass is 10.1. The Bertz CT molecular complexity index is 799. The lowest BCUT2D eigenvalue weighted by molar-refractivity contribution is 0.570. The third kappa shape index (κ3) is 4.45. The van der Waals surface area contributed by atoms with Crippen molar-refractivity contribution >= 4 is 26.6 Å². The summed E-state index contributed by atoms with van der Waals surface area (Å²) in [5.74, 6) is 1.20. The smallest absolute Gasteiger partial charge is 0.148 e. The molecule has 0 bridgehead atoms. The van der Waals surface area contributed by atoms with Crippen LogP contribution >= 0.6 is 0 Å².